The molecule has 0 aromatic carbocycles. The summed E-state index contributed by atoms with van der Waals surface area (Å²) >= 11 is 3.32. The van der Waals surface area contributed by atoms with Gasteiger partial charge in [0, 0.05) is 29.6 Å². The summed E-state index contributed by atoms with van der Waals surface area (Å²) in [6.45, 7) is 2.80. The monoisotopic (exact) mass is 335 g/mol. The number of hydrogen-bond acceptors (Lipinski definition) is 5. The van der Waals surface area contributed by atoms with Gasteiger partial charge in [-0.2, -0.15) is 0 Å². The number of carbonyl (C=O) groups excluding carboxylic acids is 1. The lowest BCUT2D eigenvalue weighted by Gasteiger charge is -2.10. The zero-order chi connectivity index (χ0) is 14.4. The maximum absolute atomic E-state index is 12.3. The number of carbonyl (C=O) groups is 1. The average Bonchev–Trinajstić information content (AvgIpc) is 2.47. The highest BCUT2D eigenvalue weighted by Crippen LogP contribution is 2.19. The first-order valence-corrected chi connectivity index (χ1v) is 6.96. The fourth-order valence-corrected chi connectivity index (χ4v) is 1.88. The van der Waals surface area contributed by atoms with Crippen LogP contribution in [0.1, 0.15) is 23.7 Å². The van der Waals surface area contributed by atoms with Crippen LogP contribution in [0, 0.1) is 0 Å². The van der Waals surface area contributed by atoms with Crippen LogP contribution in [0.3, 0.4) is 0 Å². The van der Waals surface area contributed by atoms with Crippen LogP contribution in [-0.2, 0) is 0 Å². The van der Waals surface area contributed by atoms with E-state index < -0.39 is 0 Å². The number of amides is 1. The molecule has 0 unspecified atom stereocenters. The Bertz CT molecular complexity index is 591. The predicted molar refractivity (Wildman–Crippen MR) is 80.7 cm³/mol. The van der Waals surface area contributed by atoms with Gasteiger partial charge in [0.1, 0.15) is 5.82 Å². The van der Waals surface area contributed by atoms with Gasteiger partial charge in [-0.15, -0.1) is 0 Å². The molecule has 0 saturated heterocycles. The number of nitrogens with zero attached hydrogens (tertiary/aromatic N) is 3. The third-order valence-electron chi connectivity index (χ3n) is 2.45. The first-order valence-electron chi connectivity index (χ1n) is 6.17. The molecule has 0 radical (unpaired) electrons. The standard InChI is InChI=1S/C13H14BrN5O/c1-2-3-17-12-10(6-9(14)7-18-12)13(20)19-11-8-15-4-5-16-11/h4-8H,2-3H2,1H3,(H,17,18)(H,16,19,20). The van der Waals surface area contributed by atoms with Crippen molar-refractivity contribution in [2.75, 3.05) is 17.2 Å². The predicted octanol–water partition coefficient (Wildman–Crippen LogP) is 2.71. The van der Waals surface area contributed by atoms with Crippen molar-refractivity contribution in [1.82, 2.24) is 15.0 Å². The van der Waals surface area contributed by atoms with Crippen molar-refractivity contribution in [3.8, 4) is 0 Å². The SMILES string of the molecule is CCCNc1ncc(Br)cc1C(=O)Nc1cnccn1. The van der Waals surface area contributed by atoms with E-state index in [1.807, 2.05) is 6.92 Å². The number of anilines is 2. The van der Waals surface area contributed by atoms with E-state index in [4.69, 9.17) is 0 Å². The third kappa shape index (κ3) is 3.74. The molecule has 20 heavy (non-hydrogen) atoms. The molecular formula is C13H14BrN5O. The summed E-state index contributed by atoms with van der Waals surface area (Å²) in [5, 5.41) is 5.82. The van der Waals surface area contributed by atoms with E-state index in [2.05, 4.69) is 41.5 Å². The molecule has 0 aliphatic heterocycles. The molecule has 0 bridgehead atoms. The van der Waals surface area contributed by atoms with Crippen molar-refractivity contribution < 1.29 is 4.79 Å². The molecule has 0 saturated carbocycles. The molecule has 1 amide bonds. The lowest BCUT2D eigenvalue weighted by molar-refractivity contribution is 0.102. The van der Waals surface area contributed by atoms with Gasteiger partial charge in [0.2, 0.25) is 0 Å². The quantitative estimate of drug-likeness (QED) is 0.878. The van der Waals surface area contributed by atoms with Crippen LogP contribution < -0.4 is 10.6 Å². The highest BCUT2D eigenvalue weighted by Gasteiger charge is 2.14. The summed E-state index contributed by atoms with van der Waals surface area (Å²) < 4.78 is 0.740. The van der Waals surface area contributed by atoms with Gasteiger partial charge in [-0.05, 0) is 28.4 Å². The minimum Gasteiger partial charge on any atom is -0.369 e. The lowest BCUT2D eigenvalue weighted by Crippen LogP contribution is -2.17. The van der Waals surface area contributed by atoms with Crippen LogP contribution in [0.15, 0.2) is 35.3 Å². The van der Waals surface area contributed by atoms with Gasteiger partial charge in [0.25, 0.3) is 5.91 Å². The number of rotatable bonds is 5. The summed E-state index contributed by atoms with van der Waals surface area (Å²) in [5.74, 6) is 0.674. The second-order valence-corrected chi connectivity index (χ2v) is 4.94. The van der Waals surface area contributed by atoms with Crippen molar-refractivity contribution >= 4 is 33.5 Å². The van der Waals surface area contributed by atoms with E-state index in [-0.39, 0.29) is 5.91 Å². The summed E-state index contributed by atoms with van der Waals surface area (Å²) in [5.41, 5.74) is 0.457. The maximum Gasteiger partial charge on any atom is 0.260 e. The molecule has 0 aliphatic carbocycles. The van der Waals surface area contributed by atoms with Crippen LogP contribution >= 0.6 is 15.9 Å². The Kier molecular flexibility index (Phi) is 5.00. The van der Waals surface area contributed by atoms with Gasteiger partial charge >= 0.3 is 0 Å². The Hall–Kier alpha value is -2.02. The molecule has 0 aliphatic rings. The maximum atomic E-state index is 12.3. The van der Waals surface area contributed by atoms with Gasteiger partial charge in [0.15, 0.2) is 5.82 Å². The smallest absolute Gasteiger partial charge is 0.260 e. The Morgan fingerprint density at radius 2 is 2.15 bits per heavy atom. The molecule has 0 fully saturated rings. The van der Waals surface area contributed by atoms with Gasteiger partial charge in [-0.25, -0.2) is 9.97 Å². The normalized spacial score (nSPS) is 10.1. The van der Waals surface area contributed by atoms with E-state index in [9.17, 15) is 4.79 Å². The van der Waals surface area contributed by atoms with Gasteiger partial charge < -0.3 is 10.6 Å². The van der Waals surface area contributed by atoms with Crippen molar-refractivity contribution in [3.05, 3.63) is 40.9 Å². The second kappa shape index (κ2) is 6.95. The third-order valence-corrected chi connectivity index (χ3v) is 2.88. The first-order chi connectivity index (χ1) is 9.70. The highest BCUT2D eigenvalue weighted by atomic mass is 79.9. The minimum atomic E-state index is -0.280. The molecule has 2 N–H and O–H groups in total. The summed E-state index contributed by atoms with van der Waals surface area (Å²) in [6, 6.07) is 1.72. The topological polar surface area (TPSA) is 79.8 Å². The first kappa shape index (κ1) is 14.4. The van der Waals surface area contributed by atoms with Crippen molar-refractivity contribution in [1.29, 1.82) is 0 Å². The molecule has 104 valence electrons. The molecule has 0 spiro atoms. The van der Waals surface area contributed by atoms with Crippen molar-refractivity contribution in [2.24, 2.45) is 0 Å². The molecule has 7 heteroatoms. The van der Waals surface area contributed by atoms with Crippen LogP contribution in [-0.4, -0.2) is 27.4 Å². The molecule has 0 atom stereocenters. The Balaban J connectivity index is 2.21. The zero-order valence-corrected chi connectivity index (χ0v) is 12.5. The number of hydrogen-bond donors (Lipinski definition) is 2. The average molecular weight is 336 g/mol. The summed E-state index contributed by atoms with van der Waals surface area (Å²) in [4.78, 5) is 24.4. The largest absolute Gasteiger partial charge is 0.369 e. The molecule has 2 heterocycles. The molecular weight excluding hydrogens is 322 g/mol. The van der Waals surface area contributed by atoms with E-state index in [0.29, 0.717) is 17.2 Å². The van der Waals surface area contributed by atoms with Crippen LogP contribution in [0.4, 0.5) is 11.6 Å². The highest BCUT2D eigenvalue weighted by molar-refractivity contribution is 9.10. The van der Waals surface area contributed by atoms with E-state index in [1.165, 1.54) is 12.4 Å². The molecule has 2 aromatic rings. The number of nitrogens with one attached hydrogen (secondary N) is 2. The Labute approximate surface area is 125 Å². The Morgan fingerprint density at radius 1 is 1.30 bits per heavy atom. The summed E-state index contributed by atoms with van der Waals surface area (Å²) in [6.07, 6.45) is 7.15. The Morgan fingerprint density at radius 3 is 2.85 bits per heavy atom. The lowest BCUT2D eigenvalue weighted by atomic mass is 10.2. The van der Waals surface area contributed by atoms with Crippen molar-refractivity contribution in [3.63, 3.8) is 0 Å². The fraction of sp³-hybridized carbons (Fsp3) is 0.231. The number of halogens is 1. The van der Waals surface area contributed by atoms with Crippen LogP contribution in [0.2, 0.25) is 0 Å². The molecule has 2 aromatic heterocycles. The van der Waals surface area contributed by atoms with E-state index >= 15 is 0 Å². The minimum absolute atomic E-state index is 0.280. The fourth-order valence-electron chi connectivity index (χ4n) is 1.54. The summed E-state index contributed by atoms with van der Waals surface area (Å²) in [7, 11) is 0. The van der Waals surface area contributed by atoms with Crippen LogP contribution in [0.5, 0.6) is 0 Å². The van der Waals surface area contributed by atoms with Gasteiger partial charge in [0.05, 0.1) is 11.8 Å². The molecule has 2 rings (SSSR count). The van der Waals surface area contributed by atoms with E-state index in [0.717, 1.165) is 17.4 Å². The van der Waals surface area contributed by atoms with Gasteiger partial charge in [-0.3, -0.25) is 9.78 Å². The second-order valence-electron chi connectivity index (χ2n) is 4.02. The molecule has 6 nitrogen and oxygen atoms in total. The van der Waals surface area contributed by atoms with Crippen molar-refractivity contribution in [2.45, 2.75) is 13.3 Å². The van der Waals surface area contributed by atoms with Gasteiger partial charge in [-0.1, -0.05) is 6.92 Å². The van der Waals surface area contributed by atoms with Crippen LogP contribution in [0.25, 0.3) is 0 Å². The zero-order valence-electron chi connectivity index (χ0n) is 10.9. The van der Waals surface area contributed by atoms with E-state index in [1.54, 1.807) is 18.5 Å². The number of aromatic nitrogens is 3. The number of pyridine rings is 1.